The summed E-state index contributed by atoms with van der Waals surface area (Å²) in [5, 5.41) is 0. The molecule has 0 aliphatic carbocycles. The van der Waals surface area contributed by atoms with Crippen LogP contribution in [0.4, 0.5) is 17.6 Å². The monoisotopic (exact) mass is 318 g/mol. The van der Waals surface area contributed by atoms with Crippen LogP contribution in [0.25, 0.3) is 11.0 Å². The van der Waals surface area contributed by atoms with E-state index in [4.69, 9.17) is 9.47 Å². The van der Waals surface area contributed by atoms with E-state index in [1.165, 1.54) is 4.57 Å². The van der Waals surface area contributed by atoms with Crippen LogP contribution in [-0.2, 0) is 22.4 Å². The lowest BCUT2D eigenvalue weighted by Gasteiger charge is -2.23. The maximum atomic E-state index is 13.4. The molecule has 1 saturated heterocycles. The lowest BCUT2D eigenvalue weighted by Crippen LogP contribution is -2.31. The lowest BCUT2D eigenvalue weighted by molar-refractivity contribution is -0.0881. The predicted molar refractivity (Wildman–Crippen MR) is 69.9 cm³/mol. The first-order chi connectivity index (χ1) is 10.5. The van der Waals surface area contributed by atoms with Gasteiger partial charge in [0.1, 0.15) is 5.82 Å². The third kappa shape index (κ3) is 3.07. The van der Waals surface area contributed by atoms with E-state index in [9.17, 15) is 17.6 Å². The van der Waals surface area contributed by atoms with Crippen LogP contribution in [0.5, 0.6) is 0 Å². The molecule has 0 bridgehead atoms. The Morgan fingerprint density at radius 1 is 1.23 bits per heavy atom. The topological polar surface area (TPSA) is 36.3 Å². The van der Waals surface area contributed by atoms with Crippen molar-refractivity contribution in [1.82, 2.24) is 9.55 Å². The molecule has 0 radical (unpaired) electrons. The Bertz CT molecular complexity index is 668. The fraction of sp³-hybridized carbons (Fsp3) is 0.500. The van der Waals surface area contributed by atoms with Gasteiger partial charge in [-0.05, 0) is 0 Å². The van der Waals surface area contributed by atoms with Crippen molar-refractivity contribution in [1.29, 1.82) is 0 Å². The van der Waals surface area contributed by atoms with Crippen LogP contribution in [0.3, 0.4) is 0 Å². The maximum absolute atomic E-state index is 13.4. The minimum absolute atomic E-state index is 0.144. The Labute approximate surface area is 123 Å². The Balaban J connectivity index is 1.99. The van der Waals surface area contributed by atoms with Crippen LogP contribution in [-0.4, -0.2) is 41.9 Å². The van der Waals surface area contributed by atoms with Crippen LogP contribution in [0, 0.1) is 11.6 Å². The summed E-state index contributed by atoms with van der Waals surface area (Å²) in [5.41, 5.74) is 0.289. The summed E-state index contributed by atoms with van der Waals surface area (Å²) in [6.45, 7) is 0.606. The molecule has 4 nitrogen and oxygen atoms in total. The molecule has 1 aromatic heterocycles. The molecule has 3 rings (SSSR count). The number of imidazole rings is 1. The standard InChI is InChI=1S/C14H14F4N2O2/c15-9-4-11-12(5-10(9)16)20(6-13(17)18)14(19-11)3-8-7-21-1-2-22-8/h4-5,8,13H,1-3,6-7H2/t8-/m1/s1. The average Bonchev–Trinajstić information content (AvgIpc) is 2.77. The van der Waals surface area contributed by atoms with Gasteiger partial charge in [0.2, 0.25) is 0 Å². The number of halogens is 4. The second-order valence-electron chi connectivity index (χ2n) is 5.06. The molecule has 8 heteroatoms. The van der Waals surface area contributed by atoms with Crippen molar-refractivity contribution >= 4 is 11.0 Å². The van der Waals surface area contributed by atoms with E-state index in [-0.39, 0.29) is 23.6 Å². The third-order valence-corrected chi connectivity index (χ3v) is 3.49. The highest BCUT2D eigenvalue weighted by molar-refractivity contribution is 5.76. The number of aromatic nitrogens is 2. The second kappa shape index (κ2) is 6.21. The molecule has 1 fully saturated rings. The summed E-state index contributed by atoms with van der Waals surface area (Å²) in [6, 6.07) is 1.80. The van der Waals surface area contributed by atoms with E-state index >= 15 is 0 Å². The number of ether oxygens (including phenoxy) is 2. The van der Waals surface area contributed by atoms with Crippen molar-refractivity contribution in [3.63, 3.8) is 0 Å². The van der Waals surface area contributed by atoms with Crippen molar-refractivity contribution in [3.8, 4) is 0 Å². The normalized spacial score (nSPS) is 19.2. The van der Waals surface area contributed by atoms with Crippen LogP contribution >= 0.6 is 0 Å². The average molecular weight is 318 g/mol. The highest BCUT2D eigenvalue weighted by Gasteiger charge is 2.22. The third-order valence-electron chi connectivity index (χ3n) is 3.49. The van der Waals surface area contributed by atoms with Crippen LogP contribution < -0.4 is 0 Å². The Morgan fingerprint density at radius 3 is 2.68 bits per heavy atom. The van der Waals surface area contributed by atoms with Crippen molar-refractivity contribution in [3.05, 3.63) is 29.6 Å². The van der Waals surface area contributed by atoms with E-state index in [1.54, 1.807) is 0 Å². The van der Waals surface area contributed by atoms with Gasteiger partial charge in [-0.25, -0.2) is 22.5 Å². The van der Waals surface area contributed by atoms with Crippen LogP contribution in [0.15, 0.2) is 12.1 Å². The van der Waals surface area contributed by atoms with Crippen molar-refractivity contribution in [2.45, 2.75) is 25.5 Å². The van der Waals surface area contributed by atoms with Crippen LogP contribution in [0.2, 0.25) is 0 Å². The first-order valence-electron chi connectivity index (χ1n) is 6.86. The smallest absolute Gasteiger partial charge is 0.256 e. The molecular weight excluding hydrogens is 304 g/mol. The van der Waals surface area contributed by atoms with Gasteiger partial charge in [0.25, 0.3) is 6.43 Å². The van der Waals surface area contributed by atoms with Gasteiger partial charge in [-0.3, -0.25) is 0 Å². The first kappa shape index (κ1) is 15.2. The number of fused-ring (bicyclic) bond motifs is 1. The predicted octanol–water partition coefficient (Wildman–Crippen LogP) is 2.54. The number of rotatable bonds is 4. The zero-order valence-electron chi connectivity index (χ0n) is 11.6. The number of alkyl halides is 2. The largest absolute Gasteiger partial charge is 0.376 e. The first-order valence-corrected chi connectivity index (χ1v) is 6.86. The molecule has 22 heavy (non-hydrogen) atoms. The van der Waals surface area contributed by atoms with E-state index in [0.29, 0.717) is 25.6 Å². The van der Waals surface area contributed by atoms with Gasteiger partial charge >= 0.3 is 0 Å². The van der Waals surface area contributed by atoms with Gasteiger partial charge < -0.3 is 14.0 Å². The molecule has 2 heterocycles. The number of hydrogen-bond donors (Lipinski definition) is 0. The summed E-state index contributed by atoms with van der Waals surface area (Å²) >= 11 is 0. The van der Waals surface area contributed by atoms with E-state index < -0.39 is 24.6 Å². The molecule has 1 aliphatic heterocycles. The van der Waals surface area contributed by atoms with Gasteiger partial charge in [0.05, 0.1) is 43.5 Å². The summed E-state index contributed by atoms with van der Waals surface area (Å²) in [7, 11) is 0. The summed E-state index contributed by atoms with van der Waals surface area (Å²) in [4.78, 5) is 4.15. The minimum atomic E-state index is -2.63. The zero-order valence-corrected chi connectivity index (χ0v) is 11.6. The number of benzene rings is 1. The van der Waals surface area contributed by atoms with Crippen molar-refractivity contribution < 1.29 is 27.0 Å². The Hall–Kier alpha value is -1.67. The van der Waals surface area contributed by atoms with E-state index in [0.717, 1.165) is 12.1 Å². The van der Waals surface area contributed by atoms with Gasteiger partial charge in [-0.1, -0.05) is 0 Å². The molecule has 0 saturated carbocycles. The molecule has 1 aromatic carbocycles. The molecular formula is C14H14F4N2O2. The molecule has 0 unspecified atom stereocenters. The number of hydrogen-bond acceptors (Lipinski definition) is 3. The molecule has 120 valence electrons. The summed E-state index contributed by atoms with van der Waals surface area (Å²) in [5.74, 6) is -1.85. The van der Waals surface area contributed by atoms with E-state index in [2.05, 4.69) is 4.98 Å². The summed E-state index contributed by atoms with van der Waals surface area (Å²) in [6.07, 6.45) is -2.70. The highest BCUT2D eigenvalue weighted by atomic mass is 19.3. The van der Waals surface area contributed by atoms with Crippen molar-refractivity contribution in [2.24, 2.45) is 0 Å². The molecule has 0 amide bonds. The SMILES string of the molecule is Fc1cc2nc(C[C@@H]3COCCO3)n(CC(F)F)c2cc1F. The molecule has 1 atom stereocenters. The van der Waals surface area contributed by atoms with Gasteiger partial charge in [0, 0.05) is 18.6 Å². The molecule has 2 aromatic rings. The zero-order chi connectivity index (χ0) is 15.7. The Kier molecular flexibility index (Phi) is 4.30. The fourth-order valence-electron chi connectivity index (χ4n) is 2.53. The van der Waals surface area contributed by atoms with Crippen molar-refractivity contribution in [2.75, 3.05) is 19.8 Å². The molecule has 0 spiro atoms. The maximum Gasteiger partial charge on any atom is 0.256 e. The fourth-order valence-corrected chi connectivity index (χ4v) is 2.53. The highest BCUT2D eigenvalue weighted by Crippen LogP contribution is 2.22. The van der Waals surface area contributed by atoms with Gasteiger partial charge in [-0.2, -0.15) is 0 Å². The van der Waals surface area contributed by atoms with Gasteiger partial charge in [-0.15, -0.1) is 0 Å². The quantitative estimate of drug-likeness (QED) is 0.813. The van der Waals surface area contributed by atoms with E-state index in [1.807, 2.05) is 0 Å². The molecule has 0 N–H and O–H groups in total. The minimum Gasteiger partial charge on any atom is -0.376 e. The van der Waals surface area contributed by atoms with Gasteiger partial charge in [0.15, 0.2) is 11.6 Å². The lowest BCUT2D eigenvalue weighted by atomic mass is 10.2. The molecule has 1 aliphatic rings. The summed E-state index contributed by atoms with van der Waals surface area (Å²) < 4.78 is 64.2. The number of nitrogens with zero attached hydrogens (tertiary/aromatic N) is 2. The second-order valence-corrected chi connectivity index (χ2v) is 5.06. The Morgan fingerprint density at radius 2 is 2.00 bits per heavy atom. The van der Waals surface area contributed by atoms with Crippen LogP contribution in [0.1, 0.15) is 5.82 Å².